The van der Waals surface area contributed by atoms with Gasteiger partial charge in [-0.2, -0.15) is 0 Å². The maximum absolute atomic E-state index is 12.6. The number of carbonyl (C=O) groups excluding carboxylic acids is 1. The number of benzene rings is 2. The maximum atomic E-state index is 12.6. The van der Waals surface area contributed by atoms with Crippen LogP contribution in [0.4, 0.5) is 11.4 Å². The molecular formula is C16H14N2O5S. The molecule has 1 unspecified atom stereocenters. The molecule has 2 aromatic rings. The van der Waals surface area contributed by atoms with Gasteiger partial charge < -0.3 is 23.8 Å². The molecule has 2 aliphatic heterocycles. The first-order chi connectivity index (χ1) is 11.6. The molecule has 2 aromatic carbocycles. The van der Waals surface area contributed by atoms with E-state index in [-0.39, 0.29) is 19.3 Å². The minimum absolute atomic E-state index is 0.0153. The number of anilines is 2. The smallest absolute Gasteiger partial charge is 0.264 e. The van der Waals surface area contributed by atoms with Gasteiger partial charge in [-0.3, -0.25) is 4.79 Å². The summed E-state index contributed by atoms with van der Waals surface area (Å²) in [6, 6.07) is 10.4. The molecule has 0 saturated heterocycles. The van der Waals surface area contributed by atoms with E-state index in [9.17, 15) is 9.00 Å². The molecule has 24 heavy (non-hydrogen) atoms. The zero-order valence-corrected chi connectivity index (χ0v) is 13.6. The van der Waals surface area contributed by atoms with Gasteiger partial charge in [0.2, 0.25) is 6.79 Å². The number of ether oxygens (including phenoxy) is 3. The third kappa shape index (κ3) is 2.54. The predicted molar refractivity (Wildman–Crippen MR) is 87.9 cm³/mol. The fraction of sp³-hybridized carbons (Fsp3) is 0.188. The highest BCUT2D eigenvalue weighted by molar-refractivity contribution is 7.86. The lowest BCUT2D eigenvalue weighted by molar-refractivity contribution is -0.120. The molecular weight excluding hydrogens is 332 g/mol. The third-order valence-corrected chi connectivity index (χ3v) is 4.92. The van der Waals surface area contributed by atoms with Gasteiger partial charge in [0.25, 0.3) is 5.91 Å². The number of hydrogen-bond donors (Lipinski definition) is 1. The summed E-state index contributed by atoms with van der Waals surface area (Å²) >= 11 is 0. The van der Waals surface area contributed by atoms with Gasteiger partial charge in [0.1, 0.15) is 16.7 Å². The first kappa shape index (κ1) is 14.8. The zero-order chi connectivity index (χ0) is 16.7. The van der Waals surface area contributed by atoms with Gasteiger partial charge in [-0.25, -0.2) is 4.21 Å². The fourth-order valence-electron chi connectivity index (χ4n) is 2.49. The van der Waals surface area contributed by atoms with E-state index in [1.807, 2.05) is 0 Å². The summed E-state index contributed by atoms with van der Waals surface area (Å²) < 4.78 is 31.4. The summed E-state index contributed by atoms with van der Waals surface area (Å²) in [4.78, 5) is 13.8. The Morgan fingerprint density at radius 2 is 1.83 bits per heavy atom. The van der Waals surface area contributed by atoms with Crippen LogP contribution < -0.4 is 23.8 Å². The van der Waals surface area contributed by atoms with E-state index in [1.54, 1.807) is 43.4 Å². The van der Waals surface area contributed by atoms with E-state index in [4.69, 9.17) is 14.2 Å². The molecule has 2 aliphatic rings. The van der Waals surface area contributed by atoms with Crippen molar-refractivity contribution in [3.8, 4) is 17.2 Å². The lowest BCUT2D eigenvalue weighted by atomic mass is 10.2. The van der Waals surface area contributed by atoms with E-state index in [1.165, 1.54) is 4.90 Å². The Morgan fingerprint density at radius 1 is 1.04 bits per heavy atom. The Balaban J connectivity index is 1.58. The molecule has 7 nitrogen and oxygen atoms in total. The van der Waals surface area contributed by atoms with Crippen molar-refractivity contribution in [3.63, 3.8) is 0 Å². The molecule has 1 N–H and O–H groups in total. The van der Waals surface area contributed by atoms with Gasteiger partial charge in [-0.1, -0.05) is 0 Å². The van der Waals surface area contributed by atoms with Crippen LogP contribution in [0.5, 0.6) is 17.2 Å². The Hall–Kier alpha value is -2.74. The largest absolute Gasteiger partial charge is 0.482 e. The van der Waals surface area contributed by atoms with Gasteiger partial charge in [-0.05, 0) is 30.3 Å². The number of hydrogen-bond acceptors (Lipinski definition) is 5. The van der Waals surface area contributed by atoms with E-state index in [2.05, 4.69) is 4.72 Å². The van der Waals surface area contributed by atoms with Crippen molar-refractivity contribution in [1.29, 1.82) is 0 Å². The van der Waals surface area contributed by atoms with Crippen molar-refractivity contribution >= 4 is 28.3 Å². The molecule has 1 atom stereocenters. The van der Waals surface area contributed by atoms with Crippen LogP contribution in [0.15, 0.2) is 41.3 Å². The SMILES string of the molecule is CN1C(=O)COc2ccc(S(=O)Nc3ccc4c(c3)OCO4)cc21. The Morgan fingerprint density at radius 3 is 2.71 bits per heavy atom. The van der Waals surface area contributed by atoms with Crippen molar-refractivity contribution in [2.24, 2.45) is 0 Å². The molecule has 0 fully saturated rings. The fourth-order valence-corrected chi connectivity index (χ4v) is 3.36. The number of nitrogens with one attached hydrogen (secondary N) is 1. The summed E-state index contributed by atoms with van der Waals surface area (Å²) in [5.41, 5.74) is 1.25. The maximum Gasteiger partial charge on any atom is 0.264 e. The number of likely N-dealkylation sites (N-methyl/N-ethyl adjacent to an activating group) is 1. The molecule has 0 aliphatic carbocycles. The second kappa shape index (κ2) is 5.72. The monoisotopic (exact) mass is 346 g/mol. The highest BCUT2D eigenvalue weighted by atomic mass is 32.2. The molecule has 0 saturated carbocycles. The average molecular weight is 346 g/mol. The first-order valence-corrected chi connectivity index (χ1v) is 8.38. The minimum atomic E-state index is -1.49. The van der Waals surface area contributed by atoms with Crippen LogP contribution >= 0.6 is 0 Å². The van der Waals surface area contributed by atoms with Crippen LogP contribution in [0.3, 0.4) is 0 Å². The normalized spacial score (nSPS) is 16.4. The predicted octanol–water partition coefficient (Wildman–Crippen LogP) is 1.91. The van der Waals surface area contributed by atoms with Crippen LogP contribution in [0, 0.1) is 0 Å². The highest BCUT2D eigenvalue weighted by Gasteiger charge is 2.23. The molecule has 0 radical (unpaired) electrons. The lowest BCUT2D eigenvalue weighted by Crippen LogP contribution is -2.35. The van der Waals surface area contributed by atoms with Crippen LogP contribution in [0.25, 0.3) is 0 Å². The standard InChI is InChI=1S/C16H14N2O5S/c1-18-12-7-11(3-5-13(12)21-8-16(18)19)24(20)17-10-2-4-14-15(6-10)23-9-22-14/h2-7,17H,8-9H2,1H3. The second-order valence-electron chi connectivity index (χ2n) is 5.31. The van der Waals surface area contributed by atoms with E-state index in [0.29, 0.717) is 33.5 Å². The second-order valence-corrected chi connectivity index (χ2v) is 6.52. The van der Waals surface area contributed by atoms with Crippen LogP contribution in [-0.4, -0.2) is 30.6 Å². The van der Waals surface area contributed by atoms with Crippen molar-refractivity contribution in [1.82, 2.24) is 0 Å². The quantitative estimate of drug-likeness (QED) is 0.919. The number of nitrogens with zero attached hydrogens (tertiary/aromatic N) is 1. The number of rotatable bonds is 3. The van der Waals surface area contributed by atoms with E-state index >= 15 is 0 Å². The van der Waals surface area contributed by atoms with Crippen LogP contribution in [-0.2, 0) is 15.8 Å². The number of carbonyl (C=O) groups is 1. The number of amides is 1. The first-order valence-electron chi connectivity index (χ1n) is 7.23. The molecule has 0 spiro atoms. The summed E-state index contributed by atoms with van der Waals surface area (Å²) in [6.45, 7) is 0.203. The summed E-state index contributed by atoms with van der Waals surface area (Å²) in [7, 11) is 0.173. The van der Waals surface area contributed by atoms with E-state index < -0.39 is 11.0 Å². The number of fused-ring (bicyclic) bond motifs is 2. The highest BCUT2D eigenvalue weighted by Crippen LogP contribution is 2.35. The van der Waals surface area contributed by atoms with Crippen molar-refractivity contribution in [2.75, 3.05) is 30.1 Å². The average Bonchev–Trinajstić information content (AvgIpc) is 3.05. The molecule has 4 rings (SSSR count). The molecule has 124 valence electrons. The molecule has 0 aromatic heterocycles. The summed E-state index contributed by atoms with van der Waals surface area (Å²) in [5.74, 6) is 1.73. The molecule has 1 amide bonds. The van der Waals surface area contributed by atoms with Gasteiger partial charge in [0, 0.05) is 13.1 Å². The molecule has 0 bridgehead atoms. The van der Waals surface area contributed by atoms with Gasteiger partial charge >= 0.3 is 0 Å². The third-order valence-electron chi connectivity index (χ3n) is 3.81. The van der Waals surface area contributed by atoms with Crippen molar-refractivity contribution in [3.05, 3.63) is 36.4 Å². The lowest BCUT2D eigenvalue weighted by Gasteiger charge is -2.26. The molecule has 8 heteroatoms. The Kier molecular flexibility index (Phi) is 3.53. The van der Waals surface area contributed by atoms with Gasteiger partial charge in [-0.15, -0.1) is 0 Å². The van der Waals surface area contributed by atoms with Crippen LogP contribution in [0.2, 0.25) is 0 Å². The summed E-state index contributed by atoms with van der Waals surface area (Å²) in [6.07, 6.45) is 0. The van der Waals surface area contributed by atoms with Crippen LogP contribution in [0.1, 0.15) is 0 Å². The topological polar surface area (TPSA) is 77.1 Å². The van der Waals surface area contributed by atoms with E-state index in [0.717, 1.165) is 0 Å². The Labute approximate surface area is 140 Å². The summed E-state index contributed by atoms with van der Waals surface area (Å²) in [5, 5.41) is 0. The van der Waals surface area contributed by atoms with Crippen molar-refractivity contribution in [2.45, 2.75) is 4.90 Å². The molecule has 2 heterocycles. The minimum Gasteiger partial charge on any atom is -0.482 e. The van der Waals surface area contributed by atoms with Crippen molar-refractivity contribution < 1.29 is 23.2 Å². The Bertz CT molecular complexity index is 854. The van der Waals surface area contributed by atoms with Gasteiger partial charge in [0.05, 0.1) is 16.3 Å². The van der Waals surface area contributed by atoms with Gasteiger partial charge in [0.15, 0.2) is 18.1 Å². The zero-order valence-electron chi connectivity index (χ0n) is 12.8.